The second kappa shape index (κ2) is 8.59. The van der Waals surface area contributed by atoms with E-state index in [0.717, 1.165) is 36.8 Å². The number of benzene rings is 1. The summed E-state index contributed by atoms with van der Waals surface area (Å²) in [5, 5.41) is 14.0. The molecule has 172 valence electrons. The largest absolute Gasteiger partial charge is 0.507 e. The highest BCUT2D eigenvalue weighted by molar-refractivity contribution is 5.74. The minimum absolute atomic E-state index is 0.0542. The van der Waals surface area contributed by atoms with Crippen molar-refractivity contribution in [1.82, 2.24) is 19.9 Å². The van der Waals surface area contributed by atoms with Crippen molar-refractivity contribution >= 4 is 5.82 Å². The van der Waals surface area contributed by atoms with Crippen LogP contribution in [0.3, 0.4) is 0 Å². The van der Waals surface area contributed by atoms with Crippen molar-refractivity contribution in [2.75, 3.05) is 11.9 Å². The third-order valence-corrected chi connectivity index (χ3v) is 7.00. The van der Waals surface area contributed by atoms with Crippen LogP contribution in [-0.4, -0.2) is 51.0 Å². The van der Waals surface area contributed by atoms with Gasteiger partial charge in [-0.3, -0.25) is 9.78 Å². The zero-order valence-corrected chi connectivity index (χ0v) is 18.8. The first kappa shape index (κ1) is 21.6. The monoisotopic (exact) mass is 449 g/mol. The molecule has 0 saturated carbocycles. The number of alkyl halides is 1. The first-order valence-electron chi connectivity index (χ1n) is 11.4. The molecule has 4 heterocycles. The van der Waals surface area contributed by atoms with E-state index in [0.29, 0.717) is 23.1 Å². The Morgan fingerprint density at radius 1 is 1.15 bits per heavy atom. The first-order valence-corrected chi connectivity index (χ1v) is 11.4. The normalized spacial score (nSPS) is 24.5. The van der Waals surface area contributed by atoms with Gasteiger partial charge < -0.3 is 19.9 Å². The van der Waals surface area contributed by atoms with Gasteiger partial charge >= 0.3 is 0 Å². The summed E-state index contributed by atoms with van der Waals surface area (Å²) < 4.78 is 16.6. The minimum Gasteiger partial charge on any atom is -0.507 e. The van der Waals surface area contributed by atoms with E-state index in [1.54, 1.807) is 37.8 Å². The fourth-order valence-electron chi connectivity index (χ4n) is 5.02. The Balaban J connectivity index is 1.36. The molecule has 33 heavy (non-hydrogen) atoms. The van der Waals surface area contributed by atoms with Gasteiger partial charge in [0.2, 0.25) is 0 Å². The molecule has 5 rings (SSSR count). The van der Waals surface area contributed by atoms with Crippen LogP contribution >= 0.6 is 0 Å². The SMILES string of the molecule is CN(c1cnc(-c2ccc(-c3ccn(C)c(=O)c3)cc2O)cn1)[C@@H]1CC2CCCC(N2)[C@@H]1F. The lowest BCUT2D eigenvalue weighted by Gasteiger charge is -2.46. The van der Waals surface area contributed by atoms with E-state index in [1.165, 1.54) is 10.6 Å². The average Bonchev–Trinajstić information content (AvgIpc) is 2.83. The summed E-state index contributed by atoms with van der Waals surface area (Å²) in [6, 6.07) is 8.63. The van der Waals surface area contributed by atoms with Crippen LogP contribution < -0.4 is 15.8 Å². The maximum atomic E-state index is 15.1. The summed E-state index contributed by atoms with van der Waals surface area (Å²) in [5.41, 5.74) is 2.43. The fraction of sp³-hybridized carbons (Fsp3) is 0.400. The zero-order valence-electron chi connectivity index (χ0n) is 18.8. The summed E-state index contributed by atoms with van der Waals surface area (Å²) in [7, 11) is 3.56. The highest BCUT2D eigenvalue weighted by atomic mass is 19.1. The standard InChI is InChI=1S/C25H28FN5O2/c1-30-9-8-16(11-24(30)33)15-6-7-18(22(32)10-15)20-13-28-23(14-27-20)31(2)21-12-17-4-3-5-19(29-17)25(21)26/h6-11,13-14,17,19,21,25,29,32H,3-5,12H2,1-2H3/t17?,19?,21-,25+/m1/s1. The molecule has 0 aliphatic carbocycles. The van der Waals surface area contributed by atoms with Gasteiger partial charge in [-0.15, -0.1) is 0 Å². The molecule has 2 N–H and O–H groups in total. The van der Waals surface area contributed by atoms with Gasteiger partial charge in [0.05, 0.1) is 24.1 Å². The van der Waals surface area contributed by atoms with Crippen molar-refractivity contribution in [2.45, 2.75) is 50.0 Å². The number of fused-ring (bicyclic) bond motifs is 2. The first-order chi connectivity index (χ1) is 15.9. The molecule has 2 aliphatic rings. The zero-order chi connectivity index (χ0) is 23.1. The summed E-state index contributed by atoms with van der Waals surface area (Å²) >= 11 is 0. The Kier molecular flexibility index (Phi) is 5.62. The Labute approximate surface area is 191 Å². The van der Waals surface area contributed by atoms with Crippen molar-refractivity contribution in [3.63, 3.8) is 0 Å². The molecule has 2 aliphatic heterocycles. The van der Waals surface area contributed by atoms with Gasteiger partial charge in [0.25, 0.3) is 5.56 Å². The Bertz CT molecular complexity index is 1210. The molecule has 2 aromatic heterocycles. The molecule has 0 spiro atoms. The summed E-state index contributed by atoms with van der Waals surface area (Å²) in [6.45, 7) is 0. The molecule has 3 aromatic rings. The lowest BCUT2D eigenvalue weighted by atomic mass is 9.82. The van der Waals surface area contributed by atoms with E-state index >= 15 is 4.39 Å². The van der Waals surface area contributed by atoms with Gasteiger partial charge in [-0.2, -0.15) is 0 Å². The van der Waals surface area contributed by atoms with Gasteiger partial charge in [-0.25, -0.2) is 9.37 Å². The Hall–Kier alpha value is -3.26. The molecule has 1 aromatic carbocycles. The van der Waals surface area contributed by atoms with Crippen LogP contribution in [0, 0.1) is 0 Å². The van der Waals surface area contributed by atoms with Crippen LogP contribution in [0.2, 0.25) is 0 Å². The van der Waals surface area contributed by atoms with E-state index in [9.17, 15) is 9.90 Å². The molecule has 2 bridgehead atoms. The van der Waals surface area contributed by atoms with Crippen LogP contribution in [0.5, 0.6) is 5.75 Å². The molecule has 2 saturated heterocycles. The number of hydrogen-bond acceptors (Lipinski definition) is 6. The van der Waals surface area contributed by atoms with Crippen LogP contribution in [0.15, 0.2) is 53.7 Å². The maximum absolute atomic E-state index is 15.1. The third-order valence-electron chi connectivity index (χ3n) is 7.00. The van der Waals surface area contributed by atoms with Crippen molar-refractivity contribution in [2.24, 2.45) is 7.05 Å². The van der Waals surface area contributed by atoms with E-state index in [4.69, 9.17) is 0 Å². The maximum Gasteiger partial charge on any atom is 0.250 e. The van der Waals surface area contributed by atoms with Gasteiger partial charge in [0.1, 0.15) is 17.7 Å². The summed E-state index contributed by atoms with van der Waals surface area (Å²) in [6.07, 6.45) is 7.78. The summed E-state index contributed by atoms with van der Waals surface area (Å²) in [4.78, 5) is 22.8. The number of halogens is 1. The number of phenols is 1. The number of nitrogens with zero attached hydrogens (tertiary/aromatic N) is 4. The van der Waals surface area contributed by atoms with Crippen LogP contribution in [0.4, 0.5) is 10.2 Å². The van der Waals surface area contributed by atoms with Gasteiger partial charge in [-0.1, -0.05) is 12.5 Å². The molecule has 2 fully saturated rings. The molecule has 7 nitrogen and oxygen atoms in total. The van der Waals surface area contributed by atoms with Gasteiger partial charge in [-0.05, 0) is 48.6 Å². The van der Waals surface area contributed by atoms with Gasteiger partial charge in [0.15, 0.2) is 0 Å². The average molecular weight is 450 g/mol. The number of rotatable bonds is 4. The smallest absolute Gasteiger partial charge is 0.250 e. The molecule has 8 heteroatoms. The topological polar surface area (TPSA) is 83.3 Å². The van der Waals surface area contributed by atoms with Crippen LogP contribution in [-0.2, 0) is 7.05 Å². The lowest BCUT2D eigenvalue weighted by Crippen LogP contribution is -2.61. The number of phenolic OH excluding ortho intramolecular Hbond substituents is 1. The highest BCUT2D eigenvalue weighted by Gasteiger charge is 2.41. The number of aromatic hydroxyl groups is 1. The van der Waals surface area contributed by atoms with E-state index in [-0.39, 0.29) is 23.4 Å². The number of pyridine rings is 1. The number of hydrogen-bond donors (Lipinski definition) is 2. The van der Waals surface area contributed by atoms with Crippen molar-refractivity contribution in [3.8, 4) is 28.1 Å². The van der Waals surface area contributed by atoms with E-state index in [1.807, 2.05) is 24.1 Å². The molecular formula is C25H28FN5O2. The quantitative estimate of drug-likeness (QED) is 0.636. The van der Waals surface area contributed by atoms with E-state index < -0.39 is 6.17 Å². The number of aromatic nitrogens is 3. The highest BCUT2D eigenvalue weighted by Crippen LogP contribution is 2.34. The van der Waals surface area contributed by atoms with Crippen molar-refractivity contribution < 1.29 is 9.50 Å². The van der Waals surface area contributed by atoms with Crippen LogP contribution in [0.25, 0.3) is 22.4 Å². The predicted molar refractivity (Wildman–Crippen MR) is 126 cm³/mol. The third kappa shape index (κ3) is 4.11. The Morgan fingerprint density at radius 2 is 1.97 bits per heavy atom. The number of piperidine rings is 2. The molecule has 4 atom stereocenters. The number of aryl methyl sites for hydroxylation is 1. The number of anilines is 1. The van der Waals surface area contributed by atoms with Crippen LogP contribution in [0.1, 0.15) is 25.7 Å². The molecule has 2 unspecified atom stereocenters. The Morgan fingerprint density at radius 3 is 2.70 bits per heavy atom. The van der Waals surface area contributed by atoms with Crippen molar-refractivity contribution in [1.29, 1.82) is 0 Å². The number of nitrogens with one attached hydrogen (secondary N) is 1. The second-order valence-corrected chi connectivity index (χ2v) is 9.12. The van der Waals surface area contributed by atoms with Gasteiger partial charge in [0, 0.05) is 44.0 Å². The minimum atomic E-state index is -0.945. The molecular weight excluding hydrogens is 421 g/mol. The fourth-order valence-corrected chi connectivity index (χ4v) is 5.02. The molecule has 0 radical (unpaired) electrons. The predicted octanol–water partition coefficient (Wildman–Crippen LogP) is 3.27. The summed E-state index contributed by atoms with van der Waals surface area (Å²) in [5.74, 6) is 0.668. The molecule has 0 amide bonds. The van der Waals surface area contributed by atoms with Crippen molar-refractivity contribution in [3.05, 3.63) is 59.3 Å². The lowest BCUT2D eigenvalue weighted by molar-refractivity contribution is 0.107. The van der Waals surface area contributed by atoms with E-state index in [2.05, 4.69) is 15.3 Å². The second-order valence-electron chi connectivity index (χ2n) is 9.12.